The molecule has 104 valence electrons. The van der Waals surface area contributed by atoms with Crippen molar-refractivity contribution in [2.24, 2.45) is 11.7 Å². The maximum Gasteiger partial charge on any atom is 0.221 e. The van der Waals surface area contributed by atoms with Gasteiger partial charge < -0.3 is 15.6 Å². The highest BCUT2D eigenvalue weighted by Crippen LogP contribution is 2.44. The smallest absolute Gasteiger partial charge is 0.221 e. The van der Waals surface area contributed by atoms with Crippen molar-refractivity contribution in [1.29, 1.82) is 0 Å². The van der Waals surface area contributed by atoms with E-state index in [1.54, 1.807) is 0 Å². The number of likely N-dealkylation sites (N-methyl/N-ethyl adjacent to an activating group) is 1. The molecule has 1 amide bonds. The Labute approximate surface area is 117 Å². The number of hydrogen-bond donors (Lipinski definition) is 2. The van der Waals surface area contributed by atoms with Crippen LogP contribution < -0.4 is 5.73 Å². The number of nitrogens with two attached hydrogens (primary N) is 1. The first-order valence-electron chi connectivity index (χ1n) is 7.23. The van der Waals surface area contributed by atoms with E-state index in [9.17, 15) is 4.79 Å². The number of primary amides is 1. The van der Waals surface area contributed by atoms with Gasteiger partial charge in [0, 0.05) is 35.6 Å². The summed E-state index contributed by atoms with van der Waals surface area (Å²) in [5.74, 6) is 0.220. The first-order valence-corrected chi connectivity index (χ1v) is 7.23. The fourth-order valence-corrected chi connectivity index (χ4v) is 4.15. The minimum Gasteiger partial charge on any atom is -0.369 e. The number of hydrogen-bond acceptors (Lipinski definition) is 2. The molecule has 1 aromatic carbocycles. The third-order valence-electron chi connectivity index (χ3n) is 5.13. The molecule has 3 atom stereocenters. The summed E-state index contributed by atoms with van der Waals surface area (Å²) < 4.78 is 0. The molecule has 1 saturated heterocycles. The van der Waals surface area contributed by atoms with Crippen molar-refractivity contribution in [2.75, 3.05) is 13.6 Å². The minimum absolute atomic E-state index is 0.0306. The van der Waals surface area contributed by atoms with Crippen molar-refractivity contribution in [3.63, 3.8) is 0 Å². The van der Waals surface area contributed by atoms with Gasteiger partial charge in [-0.15, -0.1) is 0 Å². The summed E-state index contributed by atoms with van der Waals surface area (Å²) in [7, 11) is 2.12. The van der Waals surface area contributed by atoms with Gasteiger partial charge in [0.1, 0.15) is 0 Å². The van der Waals surface area contributed by atoms with Crippen LogP contribution in [0, 0.1) is 5.92 Å². The van der Waals surface area contributed by atoms with E-state index < -0.39 is 0 Å². The van der Waals surface area contributed by atoms with Crippen molar-refractivity contribution in [1.82, 2.24) is 9.88 Å². The predicted molar refractivity (Wildman–Crippen MR) is 78.5 cm³/mol. The van der Waals surface area contributed by atoms with Crippen molar-refractivity contribution in [2.45, 2.75) is 24.8 Å². The van der Waals surface area contributed by atoms with Gasteiger partial charge in [-0.2, -0.15) is 0 Å². The molecule has 1 fully saturated rings. The first kappa shape index (κ1) is 12.0. The van der Waals surface area contributed by atoms with Crippen LogP contribution in [0.15, 0.2) is 24.4 Å². The van der Waals surface area contributed by atoms with Crippen LogP contribution >= 0.6 is 0 Å². The number of likely N-dealkylation sites (tertiary alicyclic amines) is 1. The summed E-state index contributed by atoms with van der Waals surface area (Å²) >= 11 is 0. The van der Waals surface area contributed by atoms with Crippen LogP contribution in [-0.2, 0) is 11.2 Å². The molecule has 3 N–H and O–H groups in total. The summed E-state index contributed by atoms with van der Waals surface area (Å²) in [5, 5.41) is 1.37. The lowest BCUT2D eigenvalue weighted by atomic mass is 9.72. The van der Waals surface area contributed by atoms with E-state index in [1.807, 2.05) is 0 Å². The largest absolute Gasteiger partial charge is 0.369 e. The number of carbonyl (C=O) groups is 1. The summed E-state index contributed by atoms with van der Waals surface area (Å²) in [6, 6.07) is 6.93. The van der Waals surface area contributed by atoms with E-state index in [0.29, 0.717) is 12.0 Å². The molecule has 1 aliphatic heterocycles. The monoisotopic (exact) mass is 269 g/mol. The number of aromatic nitrogens is 1. The van der Waals surface area contributed by atoms with Gasteiger partial charge >= 0.3 is 0 Å². The van der Waals surface area contributed by atoms with Crippen LogP contribution in [0.3, 0.4) is 0 Å². The molecular formula is C16H19N3O. The van der Waals surface area contributed by atoms with Gasteiger partial charge in [-0.05, 0) is 37.1 Å². The fourth-order valence-electron chi connectivity index (χ4n) is 4.15. The molecule has 4 rings (SSSR count). The molecule has 0 saturated carbocycles. The van der Waals surface area contributed by atoms with Crippen LogP contribution in [-0.4, -0.2) is 35.4 Å². The number of fused-ring (bicyclic) bond motifs is 2. The molecule has 4 nitrogen and oxygen atoms in total. The number of nitrogens with one attached hydrogen (secondary N) is 1. The maximum absolute atomic E-state index is 11.6. The van der Waals surface area contributed by atoms with Crippen molar-refractivity contribution < 1.29 is 4.79 Å². The Bertz CT molecular complexity index is 690. The molecule has 1 aliphatic carbocycles. The lowest BCUT2D eigenvalue weighted by Gasteiger charge is -2.44. The van der Waals surface area contributed by atoms with E-state index >= 15 is 0 Å². The maximum atomic E-state index is 11.6. The molecule has 2 aliphatic rings. The predicted octanol–water partition coefficient (Wildman–Crippen LogP) is 1.61. The van der Waals surface area contributed by atoms with Gasteiger partial charge in [0.15, 0.2) is 0 Å². The van der Waals surface area contributed by atoms with E-state index in [0.717, 1.165) is 19.4 Å². The summed E-state index contributed by atoms with van der Waals surface area (Å²) in [4.78, 5) is 17.3. The van der Waals surface area contributed by atoms with Gasteiger partial charge in [0.2, 0.25) is 5.91 Å². The molecule has 4 heteroatoms. The quantitative estimate of drug-likeness (QED) is 0.826. The molecule has 0 radical (unpaired) electrons. The van der Waals surface area contributed by atoms with Crippen molar-refractivity contribution in [3.8, 4) is 0 Å². The second-order valence-corrected chi connectivity index (χ2v) is 6.24. The number of rotatable bonds is 1. The molecule has 3 unspecified atom stereocenters. The molecule has 20 heavy (non-hydrogen) atoms. The average molecular weight is 269 g/mol. The van der Waals surface area contributed by atoms with Crippen molar-refractivity contribution >= 4 is 16.8 Å². The second kappa shape index (κ2) is 4.09. The fraction of sp³-hybridized carbons (Fsp3) is 0.438. The Kier molecular flexibility index (Phi) is 2.45. The van der Waals surface area contributed by atoms with E-state index in [1.165, 1.54) is 22.0 Å². The van der Waals surface area contributed by atoms with E-state index in [4.69, 9.17) is 5.73 Å². The molecule has 0 bridgehead atoms. The SMILES string of the molecule is CN1CC(C(N)=O)CC2c3cccc4[nH]cc(c34)CC21. The normalized spacial score (nSPS) is 29.4. The van der Waals surface area contributed by atoms with Crippen LogP contribution in [0.1, 0.15) is 23.5 Å². The number of benzene rings is 1. The zero-order valence-corrected chi connectivity index (χ0v) is 11.6. The summed E-state index contributed by atoms with van der Waals surface area (Å²) in [6.07, 6.45) is 4.08. The lowest BCUT2D eigenvalue weighted by Crippen LogP contribution is -2.50. The Morgan fingerprint density at radius 2 is 2.30 bits per heavy atom. The second-order valence-electron chi connectivity index (χ2n) is 6.24. The summed E-state index contributed by atoms with van der Waals surface area (Å²) in [5.41, 5.74) is 9.55. The zero-order valence-electron chi connectivity index (χ0n) is 11.6. The highest BCUT2D eigenvalue weighted by atomic mass is 16.1. The van der Waals surface area contributed by atoms with Gasteiger partial charge in [-0.3, -0.25) is 4.79 Å². The Hall–Kier alpha value is -1.81. The number of piperidine rings is 1. The Balaban J connectivity index is 1.85. The van der Waals surface area contributed by atoms with Crippen LogP contribution in [0.2, 0.25) is 0 Å². The van der Waals surface area contributed by atoms with Gasteiger partial charge in [0.25, 0.3) is 0 Å². The van der Waals surface area contributed by atoms with Crippen LogP contribution in [0.25, 0.3) is 10.9 Å². The highest BCUT2D eigenvalue weighted by Gasteiger charge is 2.40. The van der Waals surface area contributed by atoms with Gasteiger partial charge in [-0.25, -0.2) is 0 Å². The van der Waals surface area contributed by atoms with Crippen LogP contribution in [0.5, 0.6) is 0 Å². The number of nitrogens with zero attached hydrogens (tertiary/aromatic N) is 1. The molecule has 0 spiro atoms. The molecule has 1 aromatic heterocycles. The standard InChI is InChI=1S/C16H19N3O/c1-19-8-10(16(17)20)5-12-11-3-2-4-13-15(11)9(7-18-13)6-14(12)19/h2-4,7,10,12,14,18H,5-6,8H2,1H3,(H2,17,20). The molecule has 2 aromatic rings. The van der Waals surface area contributed by atoms with Gasteiger partial charge in [0.05, 0.1) is 5.92 Å². The number of aromatic amines is 1. The Morgan fingerprint density at radius 1 is 1.45 bits per heavy atom. The Morgan fingerprint density at radius 3 is 3.10 bits per heavy atom. The summed E-state index contributed by atoms with van der Waals surface area (Å²) in [6.45, 7) is 0.784. The number of H-pyrrole nitrogens is 1. The van der Waals surface area contributed by atoms with Crippen LogP contribution in [0.4, 0.5) is 0 Å². The first-order chi connectivity index (χ1) is 9.65. The third-order valence-corrected chi connectivity index (χ3v) is 5.13. The topological polar surface area (TPSA) is 62.1 Å². The highest BCUT2D eigenvalue weighted by molar-refractivity contribution is 5.88. The minimum atomic E-state index is -0.164. The number of carbonyl (C=O) groups excluding carboxylic acids is 1. The van der Waals surface area contributed by atoms with Gasteiger partial charge in [-0.1, -0.05) is 12.1 Å². The zero-order chi connectivity index (χ0) is 13.9. The molecular weight excluding hydrogens is 250 g/mol. The van der Waals surface area contributed by atoms with E-state index in [-0.39, 0.29) is 11.8 Å². The average Bonchev–Trinajstić information content (AvgIpc) is 2.84. The lowest BCUT2D eigenvalue weighted by molar-refractivity contribution is -0.124. The molecule has 2 heterocycles. The van der Waals surface area contributed by atoms with Crippen molar-refractivity contribution in [3.05, 3.63) is 35.5 Å². The third kappa shape index (κ3) is 1.54. The van der Waals surface area contributed by atoms with E-state index in [2.05, 4.69) is 41.3 Å². The number of amides is 1.